The Bertz CT molecular complexity index is 3230. The van der Waals surface area contributed by atoms with Crippen LogP contribution in [0.4, 0.5) is 17.1 Å². The number of hydrogen-bond donors (Lipinski definition) is 0. The van der Waals surface area contributed by atoms with Gasteiger partial charge < -0.3 is 4.90 Å². The van der Waals surface area contributed by atoms with Crippen LogP contribution in [-0.4, -0.2) is 15.0 Å². The van der Waals surface area contributed by atoms with Crippen molar-refractivity contribution < 1.29 is 0 Å². The van der Waals surface area contributed by atoms with Crippen LogP contribution in [0.25, 0.3) is 88.0 Å². The number of anilines is 3. The molecule has 4 nitrogen and oxygen atoms in total. The normalized spacial score (nSPS) is 11.5. The van der Waals surface area contributed by atoms with Crippen molar-refractivity contribution in [2.75, 3.05) is 4.90 Å². The standard InChI is InChI=1S/C53H34N4/c1-4-14-35(15-5-1)47-32-28-37-24-25-38-29-33-49(56-53(38)52(37)54-47)45-34-46-50(43-21-11-10-20-42(43)45)44-22-12-13-23-48(44)55-51(46)36-26-30-41(31-27-36)57(39-16-6-2-7-17-39)40-18-8-3-9-19-40/h1-34H. The zero-order chi connectivity index (χ0) is 37.7. The molecule has 0 amide bonds. The quantitative estimate of drug-likeness (QED) is 0.160. The first-order valence-electron chi connectivity index (χ1n) is 19.3. The summed E-state index contributed by atoms with van der Waals surface area (Å²) in [6, 6.07) is 72.5. The summed E-state index contributed by atoms with van der Waals surface area (Å²) >= 11 is 0. The van der Waals surface area contributed by atoms with Crippen molar-refractivity contribution in [1.29, 1.82) is 0 Å². The number of nitrogens with zero attached hydrogens (tertiary/aromatic N) is 4. The largest absolute Gasteiger partial charge is 0.311 e. The highest BCUT2D eigenvalue weighted by Gasteiger charge is 2.19. The molecule has 0 saturated carbocycles. The molecule has 0 bridgehead atoms. The van der Waals surface area contributed by atoms with Crippen molar-refractivity contribution >= 4 is 71.3 Å². The van der Waals surface area contributed by atoms with Gasteiger partial charge in [0.2, 0.25) is 0 Å². The van der Waals surface area contributed by atoms with Crippen LogP contribution in [0.3, 0.4) is 0 Å². The molecule has 0 radical (unpaired) electrons. The molecule has 266 valence electrons. The Balaban J connectivity index is 1.12. The first-order chi connectivity index (χ1) is 28.3. The predicted octanol–water partition coefficient (Wildman–Crippen LogP) is 14.1. The fourth-order valence-electron chi connectivity index (χ4n) is 8.30. The molecule has 3 aromatic heterocycles. The average molecular weight is 727 g/mol. The van der Waals surface area contributed by atoms with Crippen LogP contribution in [0.1, 0.15) is 0 Å². The van der Waals surface area contributed by atoms with E-state index in [1.165, 1.54) is 10.8 Å². The van der Waals surface area contributed by atoms with Crippen LogP contribution < -0.4 is 4.90 Å². The molecular formula is C53H34N4. The van der Waals surface area contributed by atoms with Gasteiger partial charge in [-0.25, -0.2) is 15.0 Å². The van der Waals surface area contributed by atoms with Crippen LogP contribution >= 0.6 is 0 Å². The van der Waals surface area contributed by atoms with Crippen molar-refractivity contribution in [3.05, 3.63) is 206 Å². The summed E-state index contributed by atoms with van der Waals surface area (Å²) in [5.74, 6) is 0. The maximum atomic E-state index is 5.43. The first-order valence-corrected chi connectivity index (χ1v) is 19.3. The molecule has 0 atom stereocenters. The zero-order valence-corrected chi connectivity index (χ0v) is 30.9. The van der Waals surface area contributed by atoms with Crippen LogP contribution in [0, 0.1) is 0 Å². The fraction of sp³-hybridized carbons (Fsp3) is 0. The number of pyridine rings is 3. The summed E-state index contributed by atoms with van der Waals surface area (Å²) < 4.78 is 0. The van der Waals surface area contributed by atoms with Gasteiger partial charge in [0, 0.05) is 60.7 Å². The summed E-state index contributed by atoms with van der Waals surface area (Å²) in [7, 11) is 0. The maximum absolute atomic E-state index is 5.43. The van der Waals surface area contributed by atoms with E-state index in [4.69, 9.17) is 15.0 Å². The summed E-state index contributed by atoms with van der Waals surface area (Å²) in [4.78, 5) is 18.3. The highest BCUT2D eigenvalue weighted by atomic mass is 15.1. The first kappa shape index (κ1) is 32.7. The summed E-state index contributed by atoms with van der Waals surface area (Å²) in [5.41, 5.74) is 12.0. The number of rotatable bonds is 6. The van der Waals surface area contributed by atoms with Crippen molar-refractivity contribution in [3.8, 4) is 33.8 Å². The number of hydrogen-bond acceptors (Lipinski definition) is 4. The molecule has 0 unspecified atom stereocenters. The molecular weight excluding hydrogens is 693 g/mol. The Labute approximate surface area is 330 Å². The van der Waals surface area contributed by atoms with Gasteiger partial charge in [0.1, 0.15) is 0 Å². The van der Waals surface area contributed by atoms with Gasteiger partial charge in [-0.05, 0) is 71.4 Å². The Kier molecular flexibility index (Phi) is 7.78. The van der Waals surface area contributed by atoms with Gasteiger partial charge in [-0.1, -0.05) is 146 Å². The lowest BCUT2D eigenvalue weighted by atomic mass is 9.91. The monoisotopic (exact) mass is 726 g/mol. The molecule has 4 heteroatoms. The summed E-state index contributed by atoms with van der Waals surface area (Å²) in [6.45, 7) is 0. The highest BCUT2D eigenvalue weighted by molar-refractivity contribution is 6.25. The van der Waals surface area contributed by atoms with E-state index in [0.717, 1.165) is 94.3 Å². The third-order valence-electron chi connectivity index (χ3n) is 11.0. The highest BCUT2D eigenvalue weighted by Crippen LogP contribution is 2.43. The molecule has 3 heterocycles. The van der Waals surface area contributed by atoms with Crippen LogP contribution in [0.5, 0.6) is 0 Å². The Morgan fingerprint density at radius 3 is 1.51 bits per heavy atom. The summed E-state index contributed by atoms with van der Waals surface area (Å²) in [5, 5.41) is 7.85. The molecule has 0 saturated heterocycles. The number of benzene rings is 8. The second-order valence-corrected chi connectivity index (χ2v) is 14.4. The van der Waals surface area contributed by atoms with Crippen molar-refractivity contribution in [1.82, 2.24) is 15.0 Å². The van der Waals surface area contributed by atoms with Gasteiger partial charge in [0.15, 0.2) is 0 Å². The van der Waals surface area contributed by atoms with Gasteiger partial charge in [0.05, 0.1) is 33.6 Å². The van der Waals surface area contributed by atoms with Crippen LogP contribution in [-0.2, 0) is 0 Å². The Morgan fingerprint density at radius 2 is 0.842 bits per heavy atom. The minimum atomic E-state index is 0.890. The molecule has 57 heavy (non-hydrogen) atoms. The van der Waals surface area contributed by atoms with Crippen molar-refractivity contribution in [2.45, 2.75) is 0 Å². The van der Waals surface area contributed by atoms with Crippen LogP contribution in [0.15, 0.2) is 206 Å². The van der Waals surface area contributed by atoms with Gasteiger partial charge >= 0.3 is 0 Å². The fourth-order valence-corrected chi connectivity index (χ4v) is 8.30. The average Bonchev–Trinajstić information content (AvgIpc) is 3.29. The molecule has 0 fully saturated rings. The third kappa shape index (κ3) is 5.66. The Morgan fingerprint density at radius 1 is 0.333 bits per heavy atom. The maximum Gasteiger partial charge on any atom is 0.0972 e. The molecule has 11 aromatic rings. The van der Waals surface area contributed by atoms with E-state index in [0.29, 0.717) is 0 Å². The molecule has 8 aromatic carbocycles. The minimum absolute atomic E-state index is 0.890. The zero-order valence-electron chi connectivity index (χ0n) is 30.9. The molecule has 0 aliphatic rings. The van der Waals surface area contributed by atoms with E-state index in [-0.39, 0.29) is 0 Å². The lowest BCUT2D eigenvalue weighted by Crippen LogP contribution is -2.09. The van der Waals surface area contributed by atoms with Gasteiger partial charge in [0.25, 0.3) is 0 Å². The molecule has 0 N–H and O–H groups in total. The van der Waals surface area contributed by atoms with Crippen molar-refractivity contribution in [3.63, 3.8) is 0 Å². The minimum Gasteiger partial charge on any atom is -0.311 e. The van der Waals surface area contributed by atoms with E-state index in [9.17, 15) is 0 Å². The lowest BCUT2D eigenvalue weighted by molar-refractivity contribution is 1.28. The van der Waals surface area contributed by atoms with E-state index >= 15 is 0 Å². The SMILES string of the molecule is c1ccc(-c2ccc3ccc4ccc(-c5cc6c(-c7ccc(N(c8ccccc8)c8ccccc8)cc7)nc7ccccc7c6c6ccccc56)nc4c3n2)cc1. The van der Waals surface area contributed by atoms with E-state index in [1.54, 1.807) is 0 Å². The van der Waals surface area contributed by atoms with E-state index in [2.05, 4.69) is 205 Å². The Hall–Kier alpha value is -7.69. The lowest BCUT2D eigenvalue weighted by Gasteiger charge is -2.25. The van der Waals surface area contributed by atoms with E-state index < -0.39 is 0 Å². The molecule has 0 aliphatic carbocycles. The van der Waals surface area contributed by atoms with Gasteiger partial charge in [-0.3, -0.25) is 0 Å². The molecule has 11 rings (SSSR count). The predicted molar refractivity (Wildman–Crippen MR) is 238 cm³/mol. The number of para-hydroxylation sites is 3. The number of fused-ring (bicyclic) bond motifs is 8. The second-order valence-electron chi connectivity index (χ2n) is 14.4. The smallest absolute Gasteiger partial charge is 0.0972 e. The van der Waals surface area contributed by atoms with Gasteiger partial charge in [-0.15, -0.1) is 0 Å². The summed E-state index contributed by atoms with van der Waals surface area (Å²) in [6.07, 6.45) is 0. The number of aromatic nitrogens is 3. The van der Waals surface area contributed by atoms with Crippen LogP contribution in [0.2, 0.25) is 0 Å². The van der Waals surface area contributed by atoms with Gasteiger partial charge in [-0.2, -0.15) is 0 Å². The molecule has 0 spiro atoms. The van der Waals surface area contributed by atoms with Crippen molar-refractivity contribution in [2.24, 2.45) is 0 Å². The topological polar surface area (TPSA) is 41.9 Å². The third-order valence-corrected chi connectivity index (χ3v) is 11.0. The van der Waals surface area contributed by atoms with E-state index in [1.807, 2.05) is 6.07 Å². The second kappa shape index (κ2) is 13.6. The molecule has 0 aliphatic heterocycles.